The molecule has 1 atom stereocenters. The number of hydrogen-bond acceptors (Lipinski definition) is 5. The predicted octanol–water partition coefficient (Wildman–Crippen LogP) is 3.75. The van der Waals surface area contributed by atoms with E-state index in [1.165, 1.54) is 0 Å². The Labute approximate surface area is 153 Å². The third-order valence-electron chi connectivity index (χ3n) is 4.09. The second kappa shape index (κ2) is 9.85. The molecule has 6 heteroatoms. The van der Waals surface area contributed by atoms with Gasteiger partial charge in [0, 0.05) is 12.5 Å². The zero-order valence-corrected chi connectivity index (χ0v) is 15.7. The summed E-state index contributed by atoms with van der Waals surface area (Å²) >= 11 is 0. The topological polar surface area (TPSA) is 81.7 Å². The molecular weight excluding hydrogens is 334 g/mol. The van der Waals surface area contributed by atoms with Gasteiger partial charge >= 0.3 is 5.82 Å². The van der Waals surface area contributed by atoms with Crippen LogP contribution < -0.4 is 15.9 Å². The Morgan fingerprint density at radius 1 is 1.19 bits per heavy atom. The standard InChI is InChI=1S/C20H27NO5/c1-4-5-6-7-19(22)21-14(2)12-16-8-10-17(11-9-16)24-13-18-15(3)25-20(23)26-18/h8-11,14H,4-7,12-13H2,1-3H3,(H,21,22). The van der Waals surface area contributed by atoms with Crippen LogP contribution in [0.3, 0.4) is 0 Å². The van der Waals surface area contributed by atoms with Crippen LogP contribution in [0.5, 0.6) is 5.75 Å². The van der Waals surface area contributed by atoms with Gasteiger partial charge in [0.05, 0.1) is 0 Å². The largest absolute Gasteiger partial charge is 0.519 e. The van der Waals surface area contributed by atoms with E-state index in [-0.39, 0.29) is 18.6 Å². The molecule has 0 saturated carbocycles. The Kier molecular flexibility index (Phi) is 7.51. The van der Waals surface area contributed by atoms with E-state index in [9.17, 15) is 9.59 Å². The van der Waals surface area contributed by atoms with Crippen molar-refractivity contribution >= 4 is 5.91 Å². The monoisotopic (exact) mass is 361 g/mol. The Hall–Kier alpha value is -2.50. The van der Waals surface area contributed by atoms with Gasteiger partial charge in [-0.3, -0.25) is 4.79 Å². The molecule has 26 heavy (non-hydrogen) atoms. The molecule has 1 heterocycles. The average Bonchev–Trinajstić information content (AvgIpc) is 2.92. The molecule has 0 aliphatic carbocycles. The number of aryl methyl sites for hydroxylation is 1. The summed E-state index contributed by atoms with van der Waals surface area (Å²) in [6.07, 6.45) is 4.50. The number of hydrogen-bond donors (Lipinski definition) is 1. The minimum Gasteiger partial charge on any atom is -0.486 e. The minimum atomic E-state index is -0.720. The predicted molar refractivity (Wildman–Crippen MR) is 98.2 cm³/mol. The van der Waals surface area contributed by atoms with E-state index in [4.69, 9.17) is 13.6 Å². The summed E-state index contributed by atoms with van der Waals surface area (Å²) in [5.74, 6) is 0.881. The van der Waals surface area contributed by atoms with Crippen LogP contribution in [0.25, 0.3) is 0 Å². The van der Waals surface area contributed by atoms with Crippen LogP contribution in [0.2, 0.25) is 0 Å². The zero-order chi connectivity index (χ0) is 18.9. The summed E-state index contributed by atoms with van der Waals surface area (Å²) in [5.41, 5.74) is 1.12. The van der Waals surface area contributed by atoms with E-state index in [1.807, 2.05) is 31.2 Å². The molecule has 0 bridgehead atoms. The van der Waals surface area contributed by atoms with Crippen molar-refractivity contribution in [2.45, 2.75) is 65.5 Å². The maximum absolute atomic E-state index is 11.9. The van der Waals surface area contributed by atoms with Crippen LogP contribution in [0.1, 0.15) is 56.6 Å². The van der Waals surface area contributed by atoms with Gasteiger partial charge in [-0.25, -0.2) is 4.79 Å². The van der Waals surface area contributed by atoms with Crippen molar-refractivity contribution in [1.29, 1.82) is 0 Å². The highest BCUT2D eigenvalue weighted by atomic mass is 16.6. The summed E-state index contributed by atoms with van der Waals surface area (Å²) < 4.78 is 15.3. The number of benzene rings is 1. The molecular formula is C20H27NO5. The summed E-state index contributed by atoms with van der Waals surface area (Å²) in [5, 5.41) is 3.03. The summed E-state index contributed by atoms with van der Waals surface area (Å²) in [7, 11) is 0. The molecule has 2 aromatic rings. The van der Waals surface area contributed by atoms with Crippen molar-refractivity contribution in [2.24, 2.45) is 0 Å². The first-order chi connectivity index (χ1) is 12.5. The third-order valence-corrected chi connectivity index (χ3v) is 4.09. The SMILES string of the molecule is CCCCCC(=O)NC(C)Cc1ccc(OCc2oc(=O)oc2C)cc1. The lowest BCUT2D eigenvalue weighted by molar-refractivity contribution is -0.121. The van der Waals surface area contributed by atoms with E-state index >= 15 is 0 Å². The average molecular weight is 361 g/mol. The highest BCUT2D eigenvalue weighted by Gasteiger charge is 2.10. The van der Waals surface area contributed by atoms with E-state index in [1.54, 1.807) is 6.92 Å². The second-order valence-electron chi connectivity index (χ2n) is 6.50. The number of rotatable bonds is 10. The molecule has 1 N–H and O–H groups in total. The van der Waals surface area contributed by atoms with Crippen molar-refractivity contribution < 1.29 is 18.4 Å². The molecule has 2 rings (SSSR count). The summed E-state index contributed by atoms with van der Waals surface area (Å²) in [6.45, 7) is 5.93. The van der Waals surface area contributed by atoms with E-state index in [2.05, 4.69) is 12.2 Å². The number of nitrogens with one attached hydrogen (secondary N) is 1. The van der Waals surface area contributed by atoms with E-state index in [0.29, 0.717) is 23.7 Å². The van der Waals surface area contributed by atoms with Gasteiger partial charge in [-0.2, -0.15) is 0 Å². The maximum Gasteiger partial charge on any atom is 0.519 e. The smallest absolute Gasteiger partial charge is 0.486 e. The Morgan fingerprint density at radius 2 is 1.92 bits per heavy atom. The van der Waals surface area contributed by atoms with Crippen molar-refractivity contribution in [1.82, 2.24) is 5.32 Å². The number of unbranched alkanes of at least 4 members (excludes halogenated alkanes) is 2. The van der Waals surface area contributed by atoms with Gasteiger partial charge in [0.25, 0.3) is 0 Å². The van der Waals surface area contributed by atoms with Gasteiger partial charge in [-0.1, -0.05) is 31.9 Å². The maximum atomic E-state index is 11.9. The van der Waals surface area contributed by atoms with E-state index < -0.39 is 5.82 Å². The molecule has 0 aliphatic rings. The highest BCUT2D eigenvalue weighted by Crippen LogP contribution is 2.16. The lowest BCUT2D eigenvalue weighted by Crippen LogP contribution is -2.33. The van der Waals surface area contributed by atoms with Gasteiger partial charge in [-0.05, 0) is 44.4 Å². The van der Waals surface area contributed by atoms with Crippen LogP contribution in [0.4, 0.5) is 0 Å². The normalized spacial score (nSPS) is 12.0. The third kappa shape index (κ3) is 6.43. The molecule has 0 aliphatic heterocycles. The molecule has 142 valence electrons. The van der Waals surface area contributed by atoms with Crippen LogP contribution in [-0.2, 0) is 17.8 Å². The number of amides is 1. The molecule has 1 aromatic carbocycles. The van der Waals surface area contributed by atoms with Crippen molar-refractivity contribution in [3.63, 3.8) is 0 Å². The second-order valence-corrected chi connectivity index (χ2v) is 6.50. The molecule has 0 radical (unpaired) electrons. The molecule has 1 amide bonds. The molecule has 0 fully saturated rings. The minimum absolute atomic E-state index is 0.0822. The Bertz CT molecular complexity index is 744. The first-order valence-electron chi connectivity index (χ1n) is 9.08. The fourth-order valence-corrected chi connectivity index (χ4v) is 2.66. The van der Waals surface area contributed by atoms with Crippen LogP contribution in [-0.4, -0.2) is 11.9 Å². The molecule has 0 saturated heterocycles. The number of carbonyl (C=O) groups is 1. The molecule has 1 aromatic heterocycles. The van der Waals surface area contributed by atoms with E-state index in [0.717, 1.165) is 31.2 Å². The van der Waals surface area contributed by atoms with Crippen LogP contribution in [0.15, 0.2) is 37.9 Å². The van der Waals surface area contributed by atoms with Gasteiger partial charge in [0.15, 0.2) is 11.5 Å². The highest BCUT2D eigenvalue weighted by molar-refractivity contribution is 5.76. The fourth-order valence-electron chi connectivity index (χ4n) is 2.66. The summed E-state index contributed by atoms with van der Waals surface area (Å²) in [6, 6.07) is 7.73. The van der Waals surface area contributed by atoms with Gasteiger partial charge in [0.1, 0.15) is 12.4 Å². The van der Waals surface area contributed by atoms with Gasteiger partial charge in [-0.15, -0.1) is 0 Å². The Balaban J connectivity index is 1.78. The van der Waals surface area contributed by atoms with Crippen molar-refractivity contribution in [3.8, 4) is 5.75 Å². The lowest BCUT2D eigenvalue weighted by atomic mass is 10.1. The quantitative estimate of drug-likeness (QED) is 0.652. The zero-order valence-electron chi connectivity index (χ0n) is 15.7. The summed E-state index contributed by atoms with van der Waals surface area (Å²) in [4.78, 5) is 22.9. The van der Waals surface area contributed by atoms with Crippen molar-refractivity contribution in [3.05, 3.63) is 52.0 Å². The molecule has 0 spiro atoms. The first-order valence-corrected chi connectivity index (χ1v) is 9.08. The first kappa shape index (κ1) is 19.8. The number of carbonyl (C=O) groups excluding carboxylic acids is 1. The molecule has 1 unspecified atom stereocenters. The Morgan fingerprint density at radius 3 is 2.54 bits per heavy atom. The fraction of sp³-hybridized carbons (Fsp3) is 0.500. The number of ether oxygens (including phenoxy) is 1. The lowest BCUT2D eigenvalue weighted by Gasteiger charge is -2.14. The van der Waals surface area contributed by atoms with Gasteiger partial charge in [0.2, 0.25) is 5.91 Å². The van der Waals surface area contributed by atoms with Crippen LogP contribution in [0, 0.1) is 6.92 Å². The van der Waals surface area contributed by atoms with Crippen molar-refractivity contribution in [2.75, 3.05) is 0 Å². The van der Waals surface area contributed by atoms with Gasteiger partial charge < -0.3 is 18.9 Å². The molecule has 6 nitrogen and oxygen atoms in total. The van der Waals surface area contributed by atoms with Crippen LogP contribution >= 0.6 is 0 Å².